The van der Waals surface area contributed by atoms with E-state index in [1.54, 1.807) is 0 Å². The Balaban J connectivity index is 1.86. The number of fused-ring (bicyclic) bond motifs is 3. The van der Waals surface area contributed by atoms with Gasteiger partial charge >= 0.3 is 0 Å². The van der Waals surface area contributed by atoms with Gasteiger partial charge in [0.1, 0.15) is 0 Å². The van der Waals surface area contributed by atoms with Crippen LogP contribution in [-0.2, 0) is 10.8 Å². The van der Waals surface area contributed by atoms with Gasteiger partial charge in [-0.2, -0.15) is 0 Å². The summed E-state index contributed by atoms with van der Waals surface area (Å²) in [5, 5.41) is 5.22. The van der Waals surface area contributed by atoms with Crippen LogP contribution >= 0.6 is 15.9 Å². The summed E-state index contributed by atoms with van der Waals surface area (Å²) in [6, 6.07) is 6.77. The van der Waals surface area contributed by atoms with Crippen LogP contribution < -0.4 is 5.32 Å². The molecule has 0 amide bonds. The summed E-state index contributed by atoms with van der Waals surface area (Å²) >= 11 is 3.56. The number of benzene rings is 1. The second-order valence-corrected chi connectivity index (χ2v) is 13.8. The van der Waals surface area contributed by atoms with E-state index in [9.17, 15) is 0 Å². The Kier molecular flexibility index (Phi) is 4.51. The van der Waals surface area contributed by atoms with Crippen LogP contribution in [0.5, 0.6) is 0 Å². The lowest BCUT2D eigenvalue weighted by Crippen LogP contribution is -2.44. The smallest absolute Gasteiger partial charge is 0.192 e. The van der Waals surface area contributed by atoms with E-state index in [1.807, 2.05) is 0 Å². The lowest BCUT2D eigenvalue weighted by molar-refractivity contribution is 0.238. The molecule has 126 valence electrons. The number of hydrogen-bond donors (Lipinski definition) is 2. The summed E-state index contributed by atoms with van der Waals surface area (Å²) in [4.78, 5) is 3.62. The van der Waals surface area contributed by atoms with Crippen LogP contribution in [0.2, 0.25) is 18.1 Å². The predicted octanol–water partition coefficient (Wildman–Crippen LogP) is 5.14. The summed E-state index contributed by atoms with van der Waals surface area (Å²) in [5.41, 5.74) is 3.98. The average Bonchev–Trinajstić information content (AvgIpc) is 2.81. The molecule has 0 aliphatic carbocycles. The maximum absolute atomic E-state index is 6.46. The van der Waals surface area contributed by atoms with Crippen molar-refractivity contribution in [2.75, 3.05) is 13.2 Å². The van der Waals surface area contributed by atoms with Crippen LogP contribution in [-0.4, -0.2) is 26.5 Å². The molecule has 0 saturated heterocycles. The van der Waals surface area contributed by atoms with Crippen LogP contribution in [0, 0.1) is 0 Å². The number of hydrogen-bond acceptors (Lipinski definition) is 2. The van der Waals surface area contributed by atoms with Crippen molar-refractivity contribution < 1.29 is 4.43 Å². The second kappa shape index (κ2) is 6.03. The van der Waals surface area contributed by atoms with Gasteiger partial charge in [0.15, 0.2) is 8.32 Å². The van der Waals surface area contributed by atoms with Crippen molar-refractivity contribution in [3.63, 3.8) is 0 Å². The third-order valence-corrected chi connectivity index (χ3v) is 10.4. The molecule has 1 aliphatic rings. The molecule has 3 rings (SSSR count). The van der Waals surface area contributed by atoms with Crippen LogP contribution in [0.15, 0.2) is 22.7 Å². The highest BCUT2D eigenvalue weighted by Gasteiger charge is 2.38. The van der Waals surface area contributed by atoms with Crippen molar-refractivity contribution >= 4 is 35.2 Å². The quantitative estimate of drug-likeness (QED) is 0.707. The van der Waals surface area contributed by atoms with E-state index in [1.165, 1.54) is 22.2 Å². The second-order valence-electron chi connectivity index (χ2n) is 8.04. The summed E-state index contributed by atoms with van der Waals surface area (Å²) in [7, 11) is -1.72. The van der Waals surface area contributed by atoms with Gasteiger partial charge in [0.2, 0.25) is 0 Å². The van der Waals surface area contributed by atoms with Gasteiger partial charge in [0, 0.05) is 21.1 Å². The van der Waals surface area contributed by atoms with Crippen molar-refractivity contribution in [1.29, 1.82) is 0 Å². The fourth-order valence-corrected chi connectivity index (χ4v) is 4.32. The topological polar surface area (TPSA) is 37.0 Å². The summed E-state index contributed by atoms with van der Waals surface area (Å²) in [6.07, 6.45) is 1.08. The molecule has 3 nitrogen and oxygen atoms in total. The monoisotopic (exact) mass is 394 g/mol. The first-order valence-electron chi connectivity index (χ1n) is 8.36. The fraction of sp³-hybridized carbons (Fsp3) is 0.556. The molecule has 23 heavy (non-hydrogen) atoms. The van der Waals surface area contributed by atoms with Crippen molar-refractivity contribution in [3.05, 3.63) is 33.9 Å². The standard InChI is InChI=1S/C18H27BrN2OSi/c1-18(2,3)23(4,5)22-11-16-17-14(8-9-20-16)13-7-6-12(19)10-15(13)21-17/h6-7,10,16,20-21H,8-9,11H2,1-5H3. The number of rotatable bonds is 3. The van der Waals surface area contributed by atoms with Crippen molar-refractivity contribution in [1.82, 2.24) is 10.3 Å². The molecule has 0 radical (unpaired) electrons. The minimum absolute atomic E-state index is 0.246. The van der Waals surface area contributed by atoms with E-state index in [0.29, 0.717) is 0 Å². The number of aromatic nitrogens is 1. The lowest BCUT2D eigenvalue weighted by Gasteiger charge is -2.38. The molecule has 0 bridgehead atoms. The molecule has 2 aromatic rings. The van der Waals surface area contributed by atoms with Crippen LogP contribution in [0.25, 0.3) is 10.9 Å². The highest BCUT2D eigenvalue weighted by Crippen LogP contribution is 2.38. The van der Waals surface area contributed by atoms with E-state index in [2.05, 4.69) is 78.3 Å². The molecule has 1 unspecified atom stereocenters. The molecule has 2 heterocycles. The van der Waals surface area contributed by atoms with Crippen molar-refractivity contribution in [2.45, 2.75) is 51.4 Å². The van der Waals surface area contributed by atoms with Crippen LogP contribution in [0.1, 0.15) is 38.1 Å². The van der Waals surface area contributed by atoms with E-state index in [4.69, 9.17) is 4.43 Å². The Morgan fingerprint density at radius 1 is 1.30 bits per heavy atom. The van der Waals surface area contributed by atoms with Gasteiger partial charge in [-0.05, 0) is 48.8 Å². The number of H-pyrrole nitrogens is 1. The third kappa shape index (κ3) is 3.29. The summed E-state index contributed by atoms with van der Waals surface area (Å²) < 4.78 is 7.57. The van der Waals surface area contributed by atoms with Gasteiger partial charge in [-0.3, -0.25) is 0 Å². The fourth-order valence-electron chi connectivity index (χ4n) is 2.94. The summed E-state index contributed by atoms with van der Waals surface area (Å²) in [6.45, 7) is 13.3. The third-order valence-electron chi connectivity index (χ3n) is 5.43. The number of halogens is 1. The molecule has 1 aliphatic heterocycles. The first-order valence-corrected chi connectivity index (χ1v) is 12.1. The zero-order chi connectivity index (χ0) is 16.8. The van der Waals surface area contributed by atoms with E-state index in [0.717, 1.165) is 24.0 Å². The van der Waals surface area contributed by atoms with E-state index in [-0.39, 0.29) is 11.1 Å². The van der Waals surface area contributed by atoms with Gasteiger partial charge in [0.05, 0.1) is 12.6 Å². The first kappa shape index (κ1) is 17.2. The lowest BCUT2D eigenvalue weighted by atomic mass is 10.00. The highest BCUT2D eigenvalue weighted by molar-refractivity contribution is 9.10. The maximum Gasteiger partial charge on any atom is 0.192 e. The Morgan fingerprint density at radius 3 is 2.74 bits per heavy atom. The van der Waals surface area contributed by atoms with E-state index < -0.39 is 8.32 Å². The SMILES string of the molecule is CC(C)(C)[Si](C)(C)OCC1NCCc2c1[nH]c1cc(Br)ccc21. The molecule has 1 atom stereocenters. The Morgan fingerprint density at radius 2 is 2.04 bits per heavy atom. The molecule has 1 aromatic heterocycles. The number of nitrogens with one attached hydrogen (secondary N) is 2. The molecule has 0 saturated carbocycles. The molecule has 0 fully saturated rings. The number of aromatic amines is 1. The maximum atomic E-state index is 6.46. The molecular weight excluding hydrogens is 368 g/mol. The molecule has 0 spiro atoms. The van der Waals surface area contributed by atoms with Crippen LogP contribution in [0.3, 0.4) is 0 Å². The first-order chi connectivity index (χ1) is 10.7. The zero-order valence-electron chi connectivity index (χ0n) is 14.7. The molecule has 5 heteroatoms. The predicted molar refractivity (Wildman–Crippen MR) is 104 cm³/mol. The normalized spacial score (nSPS) is 19.1. The molecule has 2 N–H and O–H groups in total. The Bertz CT molecular complexity index is 718. The minimum Gasteiger partial charge on any atom is -0.415 e. The van der Waals surface area contributed by atoms with E-state index >= 15 is 0 Å². The average molecular weight is 395 g/mol. The van der Waals surface area contributed by atoms with Gasteiger partial charge in [0.25, 0.3) is 0 Å². The highest BCUT2D eigenvalue weighted by atomic mass is 79.9. The molecular formula is C18H27BrN2OSi. The largest absolute Gasteiger partial charge is 0.415 e. The van der Waals surface area contributed by atoms with Crippen LogP contribution in [0.4, 0.5) is 0 Å². The molecule has 1 aromatic carbocycles. The van der Waals surface area contributed by atoms with Gasteiger partial charge in [-0.25, -0.2) is 0 Å². The van der Waals surface area contributed by atoms with Gasteiger partial charge < -0.3 is 14.7 Å². The van der Waals surface area contributed by atoms with Gasteiger partial charge in [-0.1, -0.05) is 42.8 Å². The minimum atomic E-state index is -1.72. The summed E-state index contributed by atoms with van der Waals surface area (Å²) in [5.74, 6) is 0. The Labute approximate surface area is 148 Å². The Hall–Kier alpha value is -0.623. The zero-order valence-corrected chi connectivity index (χ0v) is 17.3. The van der Waals surface area contributed by atoms with Gasteiger partial charge in [-0.15, -0.1) is 0 Å². The van der Waals surface area contributed by atoms with Crippen molar-refractivity contribution in [2.24, 2.45) is 0 Å². The van der Waals surface area contributed by atoms with Crippen molar-refractivity contribution in [3.8, 4) is 0 Å².